The number of halogens is 2. The van der Waals surface area contributed by atoms with Crippen molar-refractivity contribution >= 4 is 35.2 Å². The zero-order valence-electron chi connectivity index (χ0n) is 12.0. The van der Waals surface area contributed by atoms with Crippen LogP contribution in [-0.2, 0) is 20.9 Å². The van der Waals surface area contributed by atoms with Crippen LogP contribution in [0.4, 0.5) is 4.39 Å². The van der Waals surface area contributed by atoms with Gasteiger partial charge < -0.3 is 9.64 Å². The summed E-state index contributed by atoms with van der Waals surface area (Å²) < 4.78 is 18.3. The van der Waals surface area contributed by atoms with E-state index in [-0.39, 0.29) is 22.4 Å². The summed E-state index contributed by atoms with van der Waals surface area (Å²) in [5.41, 5.74) is 0.539. The zero-order valence-corrected chi connectivity index (χ0v) is 13.5. The van der Waals surface area contributed by atoms with Crippen molar-refractivity contribution in [1.29, 1.82) is 0 Å². The van der Waals surface area contributed by atoms with Gasteiger partial charge in [-0.05, 0) is 25.5 Å². The molecule has 0 saturated carbocycles. The van der Waals surface area contributed by atoms with E-state index in [0.29, 0.717) is 17.7 Å². The van der Waals surface area contributed by atoms with Crippen LogP contribution >= 0.6 is 23.4 Å². The van der Waals surface area contributed by atoms with Gasteiger partial charge >= 0.3 is 5.97 Å². The molecule has 0 aliphatic carbocycles. The molecule has 1 aromatic rings. The van der Waals surface area contributed by atoms with Crippen LogP contribution in [0.5, 0.6) is 0 Å². The molecule has 3 rings (SSSR count). The lowest BCUT2D eigenvalue weighted by atomic mass is 10.2. The third kappa shape index (κ3) is 2.70. The van der Waals surface area contributed by atoms with Gasteiger partial charge in [0.15, 0.2) is 0 Å². The number of esters is 1. The minimum Gasteiger partial charge on any atom is -0.459 e. The van der Waals surface area contributed by atoms with E-state index in [4.69, 9.17) is 16.3 Å². The second-order valence-corrected chi connectivity index (χ2v) is 7.52. The van der Waals surface area contributed by atoms with Crippen LogP contribution in [0.3, 0.4) is 0 Å². The van der Waals surface area contributed by atoms with E-state index in [0.717, 1.165) is 6.42 Å². The first-order valence-corrected chi connectivity index (χ1v) is 8.34. The van der Waals surface area contributed by atoms with Gasteiger partial charge in [-0.15, -0.1) is 11.8 Å². The molecule has 2 atom stereocenters. The van der Waals surface area contributed by atoms with Gasteiger partial charge in [0, 0.05) is 17.7 Å². The highest BCUT2D eigenvalue weighted by molar-refractivity contribution is 8.01. The predicted molar refractivity (Wildman–Crippen MR) is 81.9 cm³/mol. The van der Waals surface area contributed by atoms with E-state index >= 15 is 0 Å². The summed E-state index contributed by atoms with van der Waals surface area (Å²) in [4.78, 5) is 25.6. The number of benzene rings is 1. The third-order valence-electron chi connectivity index (χ3n) is 4.10. The highest BCUT2D eigenvalue weighted by Gasteiger charge is 2.53. The van der Waals surface area contributed by atoms with Gasteiger partial charge in [-0.3, -0.25) is 4.79 Å². The van der Waals surface area contributed by atoms with Crippen molar-refractivity contribution in [3.63, 3.8) is 0 Å². The molecule has 118 valence electrons. The lowest BCUT2D eigenvalue weighted by Crippen LogP contribution is -2.46. The molecule has 2 heterocycles. The van der Waals surface area contributed by atoms with Gasteiger partial charge in [0.05, 0.1) is 9.89 Å². The summed E-state index contributed by atoms with van der Waals surface area (Å²) in [6, 6.07) is 3.38. The standard InChI is InChI=1S/C15H15ClFNO3S/c1-15-5-4-13(19)18(15)12(8-22-15)14(20)21-7-9-2-3-10(17)6-11(9)16/h2-3,6,12H,4-5,7-8H2,1H3/t12-,15-/m0/s1. The van der Waals surface area contributed by atoms with Gasteiger partial charge in [-0.2, -0.15) is 0 Å². The Kier molecular flexibility index (Phi) is 4.07. The average molecular weight is 344 g/mol. The van der Waals surface area contributed by atoms with Crippen LogP contribution in [-0.4, -0.2) is 33.4 Å². The Balaban J connectivity index is 1.66. The highest BCUT2D eigenvalue weighted by Crippen LogP contribution is 2.47. The topological polar surface area (TPSA) is 46.6 Å². The molecule has 0 aromatic heterocycles. The molecule has 0 N–H and O–H groups in total. The molecule has 0 radical (unpaired) electrons. The fourth-order valence-corrected chi connectivity index (χ4v) is 4.52. The highest BCUT2D eigenvalue weighted by atomic mass is 35.5. The van der Waals surface area contributed by atoms with E-state index in [2.05, 4.69) is 0 Å². The smallest absolute Gasteiger partial charge is 0.330 e. The van der Waals surface area contributed by atoms with Gasteiger partial charge in [0.1, 0.15) is 18.5 Å². The Labute approximate surface area is 136 Å². The first-order chi connectivity index (χ1) is 10.4. The molecule has 0 bridgehead atoms. The summed E-state index contributed by atoms with van der Waals surface area (Å²) in [7, 11) is 0. The van der Waals surface area contributed by atoms with Gasteiger partial charge in [0.25, 0.3) is 0 Å². The lowest BCUT2D eigenvalue weighted by Gasteiger charge is -2.29. The summed E-state index contributed by atoms with van der Waals surface area (Å²) in [6.45, 7) is 1.95. The zero-order chi connectivity index (χ0) is 15.9. The fraction of sp³-hybridized carbons (Fsp3) is 0.467. The van der Waals surface area contributed by atoms with E-state index in [1.807, 2.05) is 6.92 Å². The number of hydrogen-bond donors (Lipinski definition) is 0. The van der Waals surface area contributed by atoms with E-state index < -0.39 is 17.8 Å². The SMILES string of the molecule is C[C@]12CCC(=O)N1[C@H](C(=O)OCc1ccc(F)cc1Cl)CS2. The maximum atomic E-state index is 13.0. The molecule has 1 amide bonds. The van der Waals surface area contributed by atoms with Crippen molar-refractivity contribution in [2.75, 3.05) is 5.75 Å². The van der Waals surface area contributed by atoms with Crippen molar-refractivity contribution in [1.82, 2.24) is 4.90 Å². The normalized spacial score (nSPS) is 27.1. The maximum Gasteiger partial charge on any atom is 0.330 e. The van der Waals surface area contributed by atoms with Crippen LogP contribution in [0.25, 0.3) is 0 Å². The molecular formula is C15H15ClFNO3S. The summed E-state index contributed by atoms with van der Waals surface area (Å²) in [6.07, 6.45) is 1.22. The Morgan fingerprint density at radius 2 is 2.36 bits per heavy atom. The van der Waals surface area contributed by atoms with Crippen LogP contribution in [0, 0.1) is 5.82 Å². The van der Waals surface area contributed by atoms with Crippen LogP contribution in [0.1, 0.15) is 25.3 Å². The number of carbonyl (C=O) groups is 2. The minimum absolute atomic E-state index is 0.00531. The monoisotopic (exact) mass is 343 g/mol. The lowest BCUT2D eigenvalue weighted by molar-refractivity contribution is -0.154. The van der Waals surface area contributed by atoms with E-state index in [9.17, 15) is 14.0 Å². The van der Waals surface area contributed by atoms with Crippen molar-refractivity contribution in [3.8, 4) is 0 Å². The number of ether oxygens (including phenoxy) is 1. The summed E-state index contributed by atoms with van der Waals surface area (Å²) in [5, 5.41) is 0.218. The van der Waals surface area contributed by atoms with Crippen molar-refractivity contribution < 1.29 is 18.7 Å². The number of fused-ring (bicyclic) bond motifs is 1. The van der Waals surface area contributed by atoms with E-state index in [1.165, 1.54) is 18.2 Å². The second-order valence-electron chi connectivity index (χ2n) is 5.61. The molecule has 2 aliphatic rings. The maximum absolute atomic E-state index is 13.0. The Hall–Kier alpha value is -1.27. The molecule has 0 unspecified atom stereocenters. The molecule has 2 fully saturated rings. The molecule has 22 heavy (non-hydrogen) atoms. The number of rotatable bonds is 3. The quantitative estimate of drug-likeness (QED) is 0.792. The first-order valence-electron chi connectivity index (χ1n) is 6.97. The molecule has 0 spiro atoms. The van der Waals surface area contributed by atoms with Crippen molar-refractivity contribution in [2.45, 2.75) is 37.3 Å². The Morgan fingerprint density at radius 3 is 3.09 bits per heavy atom. The van der Waals surface area contributed by atoms with Crippen LogP contribution in [0.15, 0.2) is 18.2 Å². The molecular weight excluding hydrogens is 329 g/mol. The number of hydrogen-bond acceptors (Lipinski definition) is 4. The number of carbonyl (C=O) groups excluding carboxylic acids is 2. The van der Waals surface area contributed by atoms with Crippen molar-refractivity contribution in [2.24, 2.45) is 0 Å². The molecule has 7 heteroatoms. The number of nitrogens with zero attached hydrogens (tertiary/aromatic N) is 1. The van der Waals surface area contributed by atoms with Gasteiger partial charge in [-0.1, -0.05) is 17.7 Å². The van der Waals surface area contributed by atoms with Gasteiger partial charge in [-0.25, -0.2) is 9.18 Å². The molecule has 1 aromatic carbocycles. The molecule has 2 aliphatic heterocycles. The molecule has 2 saturated heterocycles. The summed E-state index contributed by atoms with van der Waals surface area (Å²) in [5.74, 6) is -0.343. The molecule has 4 nitrogen and oxygen atoms in total. The first kappa shape index (κ1) is 15.6. The summed E-state index contributed by atoms with van der Waals surface area (Å²) >= 11 is 7.52. The predicted octanol–water partition coefficient (Wildman–Crippen LogP) is 2.98. The Morgan fingerprint density at radius 1 is 1.59 bits per heavy atom. The van der Waals surface area contributed by atoms with E-state index in [1.54, 1.807) is 16.7 Å². The number of thioether (sulfide) groups is 1. The average Bonchev–Trinajstić information content (AvgIpc) is 2.95. The van der Waals surface area contributed by atoms with Crippen LogP contribution < -0.4 is 0 Å². The largest absolute Gasteiger partial charge is 0.459 e. The fourth-order valence-electron chi connectivity index (χ4n) is 2.88. The minimum atomic E-state index is -0.552. The third-order valence-corrected chi connectivity index (χ3v) is 5.96. The van der Waals surface area contributed by atoms with Gasteiger partial charge in [0.2, 0.25) is 5.91 Å². The second kappa shape index (κ2) is 5.74. The Bertz CT molecular complexity index is 641. The van der Waals surface area contributed by atoms with Crippen molar-refractivity contribution in [3.05, 3.63) is 34.6 Å². The van der Waals surface area contributed by atoms with Crippen LogP contribution in [0.2, 0.25) is 5.02 Å². The number of amides is 1.